The van der Waals surface area contributed by atoms with Crippen LogP contribution in [-0.4, -0.2) is 47.8 Å². The van der Waals surface area contributed by atoms with Gasteiger partial charge >= 0.3 is 0 Å². The molecule has 0 spiro atoms. The number of aryl methyl sites for hydroxylation is 3. The van der Waals surface area contributed by atoms with Crippen molar-refractivity contribution in [3.8, 4) is 0 Å². The molecule has 1 saturated heterocycles. The van der Waals surface area contributed by atoms with Crippen LogP contribution in [0.5, 0.6) is 0 Å². The molecule has 0 unspecified atom stereocenters. The first-order valence-corrected chi connectivity index (χ1v) is 12.3. The summed E-state index contributed by atoms with van der Waals surface area (Å²) in [7, 11) is -3.50. The summed E-state index contributed by atoms with van der Waals surface area (Å²) in [6.07, 6.45) is 11.7. The highest BCUT2D eigenvalue weighted by Gasteiger charge is 2.32. The first-order valence-electron chi connectivity index (χ1n) is 10.9. The Bertz CT molecular complexity index is 964. The van der Waals surface area contributed by atoms with Gasteiger partial charge in [0.2, 0.25) is 15.9 Å². The Balaban J connectivity index is 1.27. The summed E-state index contributed by atoms with van der Waals surface area (Å²) in [6, 6.07) is 5.59. The van der Waals surface area contributed by atoms with Crippen molar-refractivity contribution in [2.24, 2.45) is 5.92 Å². The van der Waals surface area contributed by atoms with Crippen LogP contribution < -0.4 is 5.32 Å². The Labute approximate surface area is 178 Å². The van der Waals surface area contributed by atoms with Gasteiger partial charge in [-0.3, -0.25) is 4.79 Å². The maximum atomic E-state index is 13.1. The van der Waals surface area contributed by atoms with Crippen molar-refractivity contribution >= 4 is 15.9 Å². The summed E-state index contributed by atoms with van der Waals surface area (Å²) in [5, 5.41) is 2.99. The van der Waals surface area contributed by atoms with Crippen molar-refractivity contribution < 1.29 is 13.2 Å². The summed E-state index contributed by atoms with van der Waals surface area (Å²) in [4.78, 5) is 16.8. The first-order chi connectivity index (χ1) is 14.5. The number of carbonyl (C=O) groups excluding carboxylic acids is 1. The molecule has 1 amide bonds. The molecule has 2 heterocycles. The number of nitrogens with zero attached hydrogens (tertiary/aromatic N) is 3. The molecule has 1 aliphatic heterocycles. The van der Waals surface area contributed by atoms with Crippen LogP contribution in [0.1, 0.15) is 43.2 Å². The fraction of sp³-hybridized carbons (Fsp3) is 0.545. The number of hydrogen-bond donors (Lipinski definition) is 1. The highest BCUT2D eigenvalue weighted by Crippen LogP contribution is 2.28. The Morgan fingerprint density at radius 1 is 1.13 bits per heavy atom. The van der Waals surface area contributed by atoms with E-state index in [0.717, 1.165) is 32.2 Å². The standard InChI is InChI=1S/C22H30N4O3S/c27-22(24-10-3-12-25-15-11-23-17-25)19-8-13-26(14-9-19)30(28,29)21-7-6-18-4-1-2-5-20(18)16-21/h6-7,11,15-17,19H,1-5,8-10,12-14H2,(H,24,27). The first kappa shape index (κ1) is 21.1. The lowest BCUT2D eigenvalue weighted by atomic mass is 9.92. The van der Waals surface area contributed by atoms with E-state index in [9.17, 15) is 13.2 Å². The van der Waals surface area contributed by atoms with Crippen LogP contribution >= 0.6 is 0 Å². The minimum absolute atomic E-state index is 0.0338. The number of piperidine rings is 1. The van der Waals surface area contributed by atoms with Gasteiger partial charge in [0.15, 0.2) is 0 Å². The maximum absolute atomic E-state index is 13.1. The van der Waals surface area contributed by atoms with Gasteiger partial charge in [0.1, 0.15) is 0 Å². The number of imidazole rings is 1. The molecule has 1 aromatic carbocycles. The fourth-order valence-electron chi connectivity index (χ4n) is 4.41. The van der Waals surface area contributed by atoms with Crippen LogP contribution in [0.2, 0.25) is 0 Å². The topological polar surface area (TPSA) is 84.3 Å². The van der Waals surface area contributed by atoms with Crippen LogP contribution in [0.15, 0.2) is 41.8 Å². The number of fused-ring (bicyclic) bond motifs is 1. The van der Waals surface area contributed by atoms with E-state index in [-0.39, 0.29) is 11.8 Å². The van der Waals surface area contributed by atoms with E-state index < -0.39 is 10.0 Å². The molecule has 7 nitrogen and oxygen atoms in total. The summed E-state index contributed by atoms with van der Waals surface area (Å²) in [5.41, 5.74) is 2.45. The second-order valence-corrected chi connectivity index (χ2v) is 10.2. The van der Waals surface area contributed by atoms with Gasteiger partial charge in [0, 0.05) is 44.5 Å². The largest absolute Gasteiger partial charge is 0.356 e. The van der Waals surface area contributed by atoms with E-state index in [2.05, 4.69) is 10.3 Å². The van der Waals surface area contributed by atoms with Gasteiger partial charge in [0.05, 0.1) is 11.2 Å². The van der Waals surface area contributed by atoms with E-state index in [1.807, 2.05) is 22.9 Å². The van der Waals surface area contributed by atoms with Crippen molar-refractivity contribution in [3.63, 3.8) is 0 Å². The molecule has 4 rings (SSSR count). The molecule has 8 heteroatoms. The Morgan fingerprint density at radius 3 is 2.63 bits per heavy atom. The minimum Gasteiger partial charge on any atom is -0.356 e. The number of carbonyl (C=O) groups is 1. The van der Waals surface area contributed by atoms with Gasteiger partial charge in [-0.1, -0.05) is 6.07 Å². The molecule has 162 valence electrons. The van der Waals surface area contributed by atoms with Crippen molar-refractivity contribution in [2.45, 2.75) is 56.4 Å². The summed E-state index contributed by atoms with van der Waals surface area (Å²) < 4.78 is 29.7. The van der Waals surface area contributed by atoms with Gasteiger partial charge < -0.3 is 9.88 Å². The molecule has 0 atom stereocenters. The van der Waals surface area contributed by atoms with Gasteiger partial charge in [-0.25, -0.2) is 13.4 Å². The number of aromatic nitrogens is 2. The van der Waals surface area contributed by atoms with Crippen molar-refractivity contribution in [1.82, 2.24) is 19.2 Å². The molecule has 0 radical (unpaired) electrons. The Morgan fingerprint density at radius 2 is 1.90 bits per heavy atom. The zero-order valence-corrected chi connectivity index (χ0v) is 18.1. The number of nitrogens with one attached hydrogen (secondary N) is 1. The van der Waals surface area contributed by atoms with Crippen LogP contribution in [-0.2, 0) is 34.2 Å². The second-order valence-electron chi connectivity index (χ2n) is 8.26. The van der Waals surface area contributed by atoms with Gasteiger partial charge in [-0.05, 0) is 68.2 Å². The quantitative estimate of drug-likeness (QED) is 0.684. The summed E-state index contributed by atoms with van der Waals surface area (Å²) in [6.45, 7) is 2.22. The lowest BCUT2D eigenvalue weighted by molar-refractivity contribution is -0.126. The summed E-state index contributed by atoms with van der Waals surface area (Å²) >= 11 is 0. The predicted molar refractivity (Wildman–Crippen MR) is 114 cm³/mol. The SMILES string of the molecule is O=C(NCCCn1ccnc1)C1CCN(S(=O)(=O)c2ccc3c(c2)CCCC3)CC1. The number of benzene rings is 1. The van der Waals surface area contributed by atoms with Gasteiger partial charge in [-0.2, -0.15) is 4.31 Å². The van der Waals surface area contributed by atoms with Crippen molar-refractivity contribution in [3.05, 3.63) is 48.0 Å². The van der Waals surface area contributed by atoms with Crippen LogP contribution in [0, 0.1) is 5.92 Å². The van der Waals surface area contributed by atoms with Crippen LogP contribution in [0.3, 0.4) is 0 Å². The zero-order valence-electron chi connectivity index (χ0n) is 17.3. The molecular weight excluding hydrogens is 400 g/mol. The second kappa shape index (κ2) is 9.31. The van der Waals surface area contributed by atoms with Crippen LogP contribution in [0.25, 0.3) is 0 Å². The monoisotopic (exact) mass is 430 g/mol. The normalized spacial score (nSPS) is 18.1. The molecule has 2 aliphatic rings. The van der Waals surface area contributed by atoms with Gasteiger partial charge in [0.25, 0.3) is 0 Å². The number of rotatable bonds is 7. The molecule has 1 aromatic heterocycles. The maximum Gasteiger partial charge on any atom is 0.243 e. The average molecular weight is 431 g/mol. The third kappa shape index (κ3) is 4.75. The molecule has 0 saturated carbocycles. The third-order valence-corrected chi connectivity index (χ3v) is 8.13. The average Bonchev–Trinajstić information content (AvgIpc) is 3.30. The Kier molecular flexibility index (Phi) is 6.53. The predicted octanol–water partition coefficient (Wildman–Crippen LogP) is 2.37. The van der Waals surface area contributed by atoms with Crippen LogP contribution in [0.4, 0.5) is 0 Å². The van der Waals surface area contributed by atoms with E-state index >= 15 is 0 Å². The lowest BCUT2D eigenvalue weighted by Crippen LogP contribution is -2.43. The highest BCUT2D eigenvalue weighted by molar-refractivity contribution is 7.89. The molecule has 0 bridgehead atoms. The third-order valence-electron chi connectivity index (χ3n) is 6.23. The van der Waals surface area contributed by atoms with E-state index in [1.54, 1.807) is 22.9 Å². The minimum atomic E-state index is -3.50. The Hall–Kier alpha value is -2.19. The van der Waals surface area contributed by atoms with E-state index in [1.165, 1.54) is 17.5 Å². The number of sulfonamides is 1. The molecular formula is C22H30N4O3S. The summed E-state index contributed by atoms with van der Waals surface area (Å²) in [5.74, 6) is -0.0836. The van der Waals surface area contributed by atoms with E-state index in [4.69, 9.17) is 0 Å². The fourth-order valence-corrected chi connectivity index (χ4v) is 5.94. The van der Waals surface area contributed by atoms with E-state index in [0.29, 0.717) is 37.4 Å². The number of hydrogen-bond acceptors (Lipinski definition) is 4. The molecule has 30 heavy (non-hydrogen) atoms. The molecule has 1 N–H and O–H groups in total. The lowest BCUT2D eigenvalue weighted by Gasteiger charge is -2.31. The van der Waals surface area contributed by atoms with Gasteiger partial charge in [-0.15, -0.1) is 0 Å². The van der Waals surface area contributed by atoms with Crippen molar-refractivity contribution in [1.29, 1.82) is 0 Å². The molecule has 1 aliphatic carbocycles. The molecule has 2 aromatic rings. The molecule has 1 fully saturated rings. The van der Waals surface area contributed by atoms with Crippen molar-refractivity contribution in [2.75, 3.05) is 19.6 Å². The highest BCUT2D eigenvalue weighted by atomic mass is 32.2. The number of amides is 1. The smallest absolute Gasteiger partial charge is 0.243 e. The zero-order chi connectivity index (χ0) is 21.0.